The molecule has 0 heterocycles. The summed E-state index contributed by atoms with van der Waals surface area (Å²) in [6.07, 6.45) is 1.23. The number of para-hydroxylation sites is 1. The topological polar surface area (TPSA) is 67.1 Å². The van der Waals surface area contributed by atoms with Crippen LogP contribution >= 0.6 is 23.2 Å². The lowest BCUT2D eigenvalue weighted by molar-refractivity contribution is -0.117. The molecule has 1 amide bonds. The predicted octanol–water partition coefficient (Wildman–Crippen LogP) is 3.52. The standard InChI is InChI=1S/C16H15Cl2N3O/c17-12-6-11(7-13(18)8-12)10-20-16(22)15(9-19)21-14-4-2-1-3-5-14/h1-9,21H,10,19H2,(H,20,22)/b15-9-. The van der Waals surface area contributed by atoms with Gasteiger partial charge < -0.3 is 16.4 Å². The Bertz CT molecular complexity index is 667. The molecule has 0 aliphatic rings. The largest absolute Gasteiger partial charge is 0.403 e. The van der Waals surface area contributed by atoms with E-state index in [4.69, 9.17) is 28.9 Å². The molecule has 0 aliphatic carbocycles. The summed E-state index contributed by atoms with van der Waals surface area (Å²) in [5, 5.41) is 6.76. The quantitative estimate of drug-likeness (QED) is 0.732. The molecule has 0 atom stereocenters. The highest BCUT2D eigenvalue weighted by molar-refractivity contribution is 6.34. The summed E-state index contributed by atoms with van der Waals surface area (Å²) in [5.41, 5.74) is 7.36. The minimum absolute atomic E-state index is 0.263. The lowest BCUT2D eigenvalue weighted by Crippen LogP contribution is -2.28. The van der Waals surface area contributed by atoms with Crippen molar-refractivity contribution in [1.29, 1.82) is 0 Å². The van der Waals surface area contributed by atoms with Crippen molar-refractivity contribution in [3.8, 4) is 0 Å². The van der Waals surface area contributed by atoms with Crippen molar-refractivity contribution in [1.82, 2.24) is 5.32 Å². The fourth-order valence-corrected chi connectivity index (χ4v) is 2.41. The number of carbonyl (C=O) groups excluding carboxylic acids is 1. The van der Waals surface area contributed by atoms with E-state index in [2.05, 4.69) is 10.6 Å². The molecule has 0 bridgehead atoms. The number of carbonyl (C=O) groups is 1. The van der Waals surface area contributed by atoms with Gasteiger partial charge in [-0.15, -0.1) is 0 Å². The zero-order valence-electron chi connectivity index (χ0n) is 11.6. The van der Waals surface area contributed by atoms with E-state index in [0.29, 0.717) is 16.6 Å². The normalized spacial score (nSPS) is 11.1. The van der Waals surface area contributed by atoms with Gasteiger partial charge in [-0.2, -0.15) is 0 Å². The van der Waals surface area contributed by atoms with Gasteiger partial charge in [0, 0.05) is 28.5 Å². The Labute approximate surface area is 138 Å². The van der Waals surface area contributed by atoms with Crippen molar-refractivity contribution in [3.63, 3.8) is 0 Å². The first-order valence-electron chi connectivity index (χ1n) is 6.55. The average molecular weight is 336 g/mol. The van der Waals surface area contributed by atoms with E-state index in [1.54, 1.807) is 18.2 Å². The first kappa shape index (κ1) is 16.2. The van der Waals surface area contributed by atoms with Gasteiger partial charge in [0.15, 0.2) is 0 Å². The molecule has 0 aromatic heterocycles. The molecule has 2 aromatic carbocycles. The second-order valence-electron chi connectivity index (χ2n) is 4.53. The number of hydrogen-bond donors (Lipinski definition) is 3. The third-order valence-corrected chi connectivity index (χ3v) is 3.28. The fraction of sp³-hybridized carbons (Fsp3) is 0.0625. The Morgan fingerprint density at radius 3 is 2.32 bits per heavy atom. The Hall–Kier alpha value is -2.17. The van der Waals surface area contributed by atoms with Gasteiger partial charge in [0.05, 0.1) is 0 Å². The van der Waals surface area contributed by atoms with Gasteiger partial charge in [-0.25, -0.2) is 0 Å². The van der Waals surface area contributed by atoms with Crippen LogP contribution in [0.2, 0.25) is 10.0 Å². The molecular formula is C16H15Cl2N3O. The number of rotatable bonds is 5. The van der Waals surface area contributed by atoms with Crippen LogP contribution in [0.25, 0.3) is 0 Å². The Balaban J connectivity index is 1.98. The molecule has 0 saturated heterocycles. The van der Waals surface area contributed by atoms with Gasteiger partial charge in [-0.1, -0.05) is 41.4 Å². The van der Waals surface area contributed by atoms with Crippen LogP contribution in [-0.2, 0) is 11.3 Å². The molecule has 2 rings (SSSR count). The van der Waals surface area contributed by atoms with E-state index >= 15 is 0 Å². The van der Waals surface area contributed by atoms with Crippen LogP contribution in [0.4, 0.5) is 5.69 Å². The van der Waals surface area contributed by atoms with E-state index in [0.717, 1.165) is 11.3 Å². The summed E-state index contributed by atoms with van der Waals surface area (Å²) in [7, 11) is 0. The molecule has 0 aliphatic heterocycles. The highest BCUT2D eigenvalue weighted by Crippen LogP contribution is 2.19. The van der Waals surface area contributed by atoms with Gasteiger partial charge in [0.1, 0.15) is 5.70 Å². The Morgan fingerprint density at radius 2 is 1.73 bits per heavy atom. The molecule has 0 saturated carbocycles. The number of halogens is 2. The maximum atomic E-state index is 12.1. The molecule has 22 heavy (non-hydrogen) atoms. The van der Waals surface area contributed by atoms with Crippen molar-refractivity contribution in [2.45, 2.75) is 6.54 Å². The van der Waals surface area contributed by atoms with Gasteiger partial charge in [0.2, 0.25) is 0 Å². The van der Waals surface area contributed by atoms with Crippen LogP contribution in [-0.4, -0.2) is 5.91 Å². The molecule has 0 fully saturated rings. The summed E-state index contributed by atoms with van der Waals surface area (Å²) in [5.74, 6) is -0.317. The Morgan fingerprint density at radius 1 is 1.09 bits per heavy atom. The third kappa shape index (κ3) is 4.69. The molecule has 4 N–H and O–H groups in total. The van der Waals surface area contributed by atoms with Crippen molar-refractivity contribution in [3.05, 3.63) is 76.0 Å². The minimum Gasteiger partial charge on any atom is -0.403 e. The monoisotopic (exact) mass is 335 g/mol. The molecule has 6 heteroatoms. The average Bonchev–Trinajstić information content (AvgIpc) is 2.50. The smallest absolute Gasteiger partial charge is 0.269 e. The van der Waals surface area contributed by atoms with Crippen molar-refractivity contribution in [2.75, 3.05) is 5.32 Å². The number of hydrogen-bond acceptors (Lipinski definition) is 3. The number of anilines is 1. The van der Waals surface area contributed by atoms with Gasteiger partial charge in [-0.05, 0) is 35.9 Å². The van der Waals surface area contributed by atoms with E-state index < -0.39 is 0 Å². The number of nitrogens with one attached hydrogen (secondary N) is 2. The molecule has 4 nitrogen and oxygen atoms in total. The second kappa shape index (κ2) is 7.73. The third-order valence-electron chi connectivity index (χ3n) is 2.84. The van der Waals surface area contributed by atoms with E-state index in [9.17, 15) is 4.79 Å². The highest BCUT2D eigenvalue weighted by atomic mass is 35.5. The van der Waals surface area contributed by atoms with Crippen LogP contribution in [0.15, 0.2) is 60.4 Å². The maximum absolute atomic E-state index is 12.1. The van der Waals surface area contributed by atoms with Gasteiger partial charge >= 0.3 is 0 Å². The van der Waals surface area contributed by atoms with Crippen molar-refractivity contribution in [2.24, 2.45) is 5.73 Å². The summed E-state index contributed by atoms with van der Waals surface area (Å²) in [6, 6.07) is 14.4. The summed E-state index contributed by atoms with van der Waals surface area (Å²) in [6.45, 7) is 0.299. The highest BCUT2D eigenvalue weighted by Gasteiger charge is 2.09. The summed E-state index contributed by atoms with van der Waals surface area (Å²) in [4.78, 5) is 12.1. The Kier molecular flexibility index (Phi) is 5.69. The number of nitrogens with two attached hydrogens (primary N) is 1. The van der Waals surface area contributed by atoms with Crippen LogP contribution in [0, 0.1) is 0 Å². The fourth-order valence-electron chi connectivity index (χ4n) is 1.84. The second-order valence-corrected chi connectivity index (χ2v) is 5.40. The molecule has 2 aromatic rings. The first-order chi connectivity index (χ1) is 10.6. The van der Waals surface area contributed by atoms with Crippen LogP contribution in [0.1, 0.15) is 5.56 Å². The van der Waals surface area contributed by atoms with E-state index in [1.165, 1.54) is 6.20 Å². The molecular weight excluding hydrogens is 321 g/mol. The first-order valence-corrected chi connectivity index (χ1v) is 7.31. The van der Waals surface area contributed by atoms with Crippen LogP contribution in [0.5, 0.6) is 0 Å². The molecule has 0 spiro atoms. The molecule has 0 unspecified atom stereocenters. The van der Waals surface area contributed by atoms with E-state index in [-0.39, 0.29) is 11.6 Å². The van der Waals surface area contributed by atoms with E-state index in [1.807, 2.05) is 30.3 Å². The van der Waals surface area contributed by atoms with Crippen LogP contribution in [0.3, 0.4) is 0 Å². The molecule has 114 valence electrons. The lowest BCUT2D eigenvalue weighted by atomic mass is 10.2. The summed E-state index contributed by atoms with van der Waals surface area (Å²) >= 11 is 11.8. The molecule has 0 radical (unpaired) electrons. The minimum atomic E-state index is -0.317. The number of amides is 1. The lowest BCUT2D eigenvalue weighted by Gasteiger charge is -2.11. The number of benzene rings is 2. The van der Waals surface area contributed by atoms with Crippen LogP contribution < -0.4 is 16.4 Å². The summed E-state index contributed by atoms with van der Waals surface area (Å²) < 4.78 is 0. The SMILES string of the molecule is N/C=C(\Nc1ccccc1)C(=O)NCc1cc(Cl)cc(Cl)c1. The van der Waals surface area contributed by atoms with Gasteiger partial charge in [-0.3, -0.25) is 4.79 Å². The van der Waals surface area contributed by atoms with Crippen molar-refractivity contribution < 1.29 is 4.79 Å². The van der Waals surface area contributed by atoms with Gasteiger partial charge in [0.25, 0.3) is 5.91 Å². The van der Waals surface area contributed by atoms with Crippen molar-refractivity contribution >= 4 is 34.8 Å². The zero-order valence-corrected chi connectivity index (χ0v) is 13.2. The predicted molar refractivity (Wildman–Crippen MR) is 90.6 cm³/mol. The zero-order chi connectivity index (χ0) is 15.9. The maximum Gasteiger partial charge on any atom is 0.269 e.